The Hall–Kier alpha value is -1.89. The highest BCUT2D eigenvalue weighted by Crippen LogP contribution is 2.12. The molecule has 7 heteroatoms. The van der Waals surface area contributed by atoms with Gasteiger partial charge in [0, 0.05) is 37.6 Å². The van der Waals surface area contributed by atoms with Crippen molar-refractivity contribution in [2.45, 2.75) is 19.9 Å². The molecule has 0 aliphatic carbocycles. The molecule has 1 aliphatic rings. The second kappa shape index (κ2) is 6.71. The third kappa shape index (κ3) is 3.81. The number of carbonyl (C=O) groups excluding carboxylic acids is 3. The summed E-state index contributed by atoms with van der Waals surface area (Å²) in [6.07, 6.45) is 0. The molecule has 2 rings (SSSR count). The minimum Gasteiger partial charge on any atom is -0.346 e. The zero-order valence-corrected chi connectivity index (χ0v) is 13.0. The molecule has 1 fully saturated rings. The van der Waals surface area contributed by atoms with Gasteiger partial charge in [-0.3, -0.25) is 14.4 Å². The van der Waals surface area contributed by atoms with Crippen LogP contribution in [0, 0.1) is 0 Å². The lowest BCUT2D eigenvalue weighted by atomic mass is 10.2. The highest BCUT2D eigenvalue weighted by molar-refractivity contribution is 7.08. The van der Waals surface area contributed by atoms with Crippen molar-refractivity contribution in [1.82, 2.24) is 15.1 Å². The molecule has 2 heterocycles. The van der Waals surface area contributed by atoms with E-state index in [9.17, 15) is 14.4 Å². The van der Waals surface area contributed by atoms with Gasteiger partial charge >= 0.3 is 11.8 Å². The van der Waals surface area contributed by atoms with Crippen molar-refractivity contribution in [1.29, 1.82) is 0 Å². The molecule has 0 radical (unpaired) electrons. The van der Waals surface area contributed by atoms with E-state index >= 15 is 0 Å². The Morgan fingerprint density at radius 2 is 1.76 bits per heavy atom. The van der Waals surface area contributed by atoms with E-state index < -0.39 is 11.8 Å². The molecule has 0 bridgehead atoms. The fraction of sp³-hybridized carbons (Fsp3) is 0.500. The Morgan fingerprint density at radius 1 is 1.14 bits per heavy atom. The van der Waals surface area contributed by atoms with E-state index in [1.165, 1.54) is 16.2 Å². The molecule has 1 aromatic heterocycles. The van der Waals surface area contributed by atoms with Crippen LogP contribution in [0.1, 0.15) is 24.2 Å². The molecule has 114 valence electrons. The van der Waals surface area contributed by atoms with Crippen molar-refractivity contribution < 1.29 is 14.4 Å². The zero-order chi connectivity index (χ0) is 15.4. The first kappa shape index (κ1) is 15.5. The Balaban J connectivity index is 1.87. The number of hydrogen-bond acceptors (Lipinski definition) is 4. The standard InChI is InChI=1S/C14H19N3O3S/c1-10(2)15-12(18)14(20)17-6-4-16(5-7-17)13(19)11-3-8-21-9-11/h3,8-10H,4-7H2,1-2H3,(H,15,18). The van der Waals surface area contributed by atoms with Gasteiger partial charge in [0.25, 0.3) is 5.91 Å². The summed E-state index contributed by atoms with van der Waals surface area (Å²) >= 11 is 1.48. The largest absolute Gasteiger partial charge is 0.346 e. The van der Waals surface area contributed by atoms with Crippen molar-refractivity contribution >= 4 is 29.1 Å². The van der Waals surface area contributed by atoms with Crippen LogP contribution in [0.2, 0.25) is 0 Å². The number of carbonyl (C=O) groups is 3. The van der Waals surface area contributed by atoms with Gasteiger partial charge in [0.05, 0.1) is 5.56 Å². The lowest BCUT2D eigenvalue weighted by Gasteiger charge is -2.34. The van der Waals surface area contributed by atoms with Gasteiger partial charge in [0.1, 0.15) is 0 Å². The normalized spacial score (nSPS) is 15.2. The molecule has 0 saturated carbocycles. The minimum absolute atomic E-state index is 0.0185. The number of thiophene rings is 1. The van der Waals surface area contributed by atoms with Crippen LogP contribution in [0.3, 0.4) is 0 Å². The predicted molar refractivity (Wildman–Crippen MR) is 80.1 cm³/mol. The van der Waals surface area contributed by atoms with Crippen LogP contribution in [0.5, 0.6) is 0 Å². The summed E-state index contributed by atoms with van der Waals surface area (Å²) in [4.78, 5) is 39.0. The third-order valence-corrected chi connectivity index (χ3v) is 3.92. The second-order valence-electron chi connectivity index (χ2n) is 5.22. The summed E-state index contributed by atoms with van der Waals surface area (Å²) in [6, 6.07) is 1.73. The molecular formula is C14H19N3O3S. The van der Waals surface area contributed by atoms with Gasteiger partial charge in [0.15, 0.2) is 0 Å². The van der Waals surface area contributed by atoms with E-state index in [2.05, 4.69) is 5.32 Å². The van der Waals surface area contributed by atoms with Gasteiger partial charge in [-0.1, -0.05) is 0 Å². The first-order valence-corrected chi connectivity index (χ1v) is 7.84. The third-order valence-electron chi connectivity index (χ3n) is 3.24. The van der Waals surface area contributed by atoms with Crippen LogP contribution < -0.4 is 5.32 Å². The maximum atomic E-state index is 12.2. The van der Waals surface area contributed by atoms with Crippen molar-refractivity contribution in [2.75, 3.05) is 26.2 Å². The minimum atomic E-state index is -0.581. The SMILES string of the molecule is CC(C)NC(=O)C(=O)N1CCN(C(=O)c2ccsc2)CC1. The van der Waals surface area contributed by atoms with Crippen molar-refractivity contribution in [2.24, 2.45) is 0 Å². The molecule has 0 aromatic carbocycles. The Morgan fingerprint density at radius 3 is 2.29 bits per heavy atom. The van der Waals surface area contributed by atoms with Crippen LogP contribution in [-0.2, 0) is 9.59 Å². The van der Waals surface area contributed by atoms with Gasteiger partial charge in [-0.15, -0.1) is 0 Å². The van der Waals surface area contributed by atoms with E-state index in [-0.39, 0.29) is 11.9 Å². The fourth-order valence-electron chi connectivity index (χ4n) is 2.15. The summed E-state index contributed by atoms with van der Waals surface area (Å²) in [5.41, 5.74) is 0.678. The van der Waals surface area contributed by atoms with Gasteiger partial charge in [-0.05, 0) is 25.3 Å². The molecule has 1 aromatic rings. The molecular weight excluding hydrogens is 290 g/mol. The van der Waals surface area contributed by atoms with Gasteiger partial charge in [0.2, 0.25) is 0 Å². The van der Waals surface area contributed by atoms with E-state index in [4.69, 9.17) is 0 Å². The molecule has 0 atom stereocenters. The van der Waals surface area contributed by atoms with Crippen LogP contribution in [0.15, 0.2) is 16.8 Å². The Kier molecular flexibility index (Phi) is 4.95. The van der Waals surface area contributed by atoms with Crippen LogP contribution in [-0.4, -0.2) is 59.7 Å². The van der Waals surface area contributed by atoms with Crippen LogP contribution in [0.25, 0.3) is 0 Å². The first-order chi connectivity index (χ1) is 9.99. The van der Waals surface area contributed by atoms with Gasteiger partial charge in [-0.2, -0.15) is 11.3 Å². The fourth-order valence-corrected chi connectivity index (χ4v) is 2.78. The summed E-state index contributed by atoms with van der Waals surface area (Å²) in [5, 5.41) is 6.27. The molecule has 21 heavy (non-hydrogen) atoms. The number of rotatable bonds is 2. The lowest BCUT2D eigenvalue weighted by molar-refractivity contribution is -0.147. The van der Waals surface area contributed by atoms with E-state index in [1.807, 2.05) is 24.6 Å². The van der Waals surface area contributed by atoms with E-state index in [1.54, 1.807) is 11.0 Å². The molecule has 1 N–H and O–H groups in total. The summed E-state index contributed by atoms with van der Waals surface area (Å²) in [6.45, 7) is 5.30. The number of hydrogen-bond donors (Lipinski definition) is 1. The number of nitrogens with one attached hydrogen (secondary N) is 1. The Labute approximate surface area is 127 Å². The van der Waals surface area contributed by atoms with Crippen molar-refractivity contribution in [3.05, 3.63) is 22.4 Å². The average Bonchev–Trinajstić information content (AvgIpc) is 2.99. The smallest absolute Gasteiger partial charge is 0.312 e. The molecule has 1 saturated heterocycles. The topological polar surface area (TPSA) is 69.7 Å². The number of piperazine rings is 1. The van der Waals surface area contributed by atoms with Crippen LogP contribution in [0.4, 0.5) is 0 Å². The molecule has 6 nitrogen and oxygen atoms in total. The summed E-state index contributed by atoms with van der Waals surface area (Å²) in [7, 11) is 0. The van der Waals surface area contributed by atoms with E-state index in [0.717, 1.165) is 0 Å². The monoisotopic (exact) mass is 309 g/mol. The lowest BCUT2D eigenvalue weighted by Crippen LogP contribution is -2.54. The maximum Gasteiger partial charge on any atom is 0.312 e. The van der Waals surface area contributed by atoms with Crippen LogP contribution >= 0.6 is 11.3 Å². The van der Waals surface area contributed by atoms with Crippen molar-refractivity contribution in [3.8, 4) is 0 Å². The Bertz CT molecular complexity index is 520. The van der Waals surface area contributed by atoms with Crippen molar-refractivity contribution in [3.63, 3.8) is 0 Å². The molecule has 1 aliphatic heterocycles. The summed E-state index contributed by atoms with van der Waals surface area (Å²) < 4.78 is 0. The number of nitrogens with zero attached hydrogens (tertiary/aromatic N) is 2. The van der Waals surface area contributed by atoms with Gasteiger partial charge < -0.3 is 15.1 Å². The maximum absolute atomic E-state index is 12.2. The molecule has 0 unspecified atom stereocenters. The van der Waals surface area contributed by atoms with E-state index in [0.29, 0.717) is 31.7 Å². The predicted octanol–water partition coefficient (Wildman–Crippen LogP) is 0.557. The first-order valence-electron chi connectivity index (χ1n) is 6.90. The number of amides is 3. The highest BCUT2D eigenvalue weighted by atomic mass is 32.1. The highest BCUT2D eigenvalue weighted by Gasteiger charge is 2.28. The van der Waals surface area contributed by atoms with Gasteiger partial charge in [-0.25, -0.2) is 0 Å². The zero-order valence-electron chi connectivity index (χ0n) is 12.2. The summed E-state index contributed by atoms with van der Waals surface area (Å²) in [5.74, 6) is -1.12. The molecule has 0 spiro atoms. The molecule has 3 amide bonds. The second-order valence-corrected chi connectivity index (χ2v) is 6.00. The quantitative estimate of drug-likeness (QED) is 0.812. The average molecular weight is 309 g/mol.